The monoisotopic (exact) mass is 256 g/mol. The Bertz CT molecular complexity index is 470. The smallest absolute Gasteiger partial charge is 0.0738 e. The number of pyridine rings is 1. The van der Waals surface area contributed by atoms with Crippen LogP contribution in [0, 0.1) is 0 Å². The summed E-state index contributed by atoms with van der Waals surface area (Å²) in [6.07, 6.45) is 1.71. The van der Waals surface area contributed by atoms with Gasteiger partial charge in [-0.05, 0) is 34.1 Å². The minimum atomic E-state index is 0.608. The van der Waals surface area contributed by atoms with Gasteiger partial charge in [0.25, 0.3) is 0 Å². The van der Waals surface area contributed by atoms with E-state index in [2.05, 4.69) is 20.9 Å². The average Bonchev–Trinajstić information content (AvgIpc) is 2.15. The highest BCUT2D eigenvalue weighted by Gasteiger charge is 2.07. The first-order chi connectivity index (χ1) is 6.20. The number of nitrogens with zero attached hydrogens (tertiary/aromatic N) is 1. The molecule has 0 spiro atoms. The molecule has 0 fully saturated rings. The van der Waals surface area contributed by atoms with Crippen LogP contribution in [0.2, 0.25) is 5.02 Å². The molecule has 0 aliphatic carbocycles. The van der Waals surface area contributed by atoms with Crippen molar-refractivity contribution in [1.29, 1.82) is 0 Å². The predicted octanol–water partition coefficient (Wildman–Crippen LogP) is 3.23. The number of halogens is 2. The lowest BCUT2D eigenvalue weighted by Gasteiger charge is -2.04. The van der Waals surface area contributed by atoms with E-state index in [1.165, 1.54) is 0 Å². The van der Waals surface area contributed by atoms with Crippen LogP contribution in [0.3, 0.4) is 0 Å². The van der Waals surface area contributed by atoms with Gasteiger partial charge in [0.05, 0.1) is 15.0 Å². The zero-order valence-electron chi connectivity index (χ0n) is 6.59. The number of hydrogen-bond acceptors (Lipinski definition) is 2. The van der Waals surface area contributed by atoms with Crippen molar-refractivity contribution in [3.8, 4) is 0 Å². The highest BCUT2D eigenvalue weighted by molar-refractivity contribution is 9.10. The molecular formula is C9H6BrClN2. The number of benzene rings is 1. The summed E-state index contributed by atoms with van der Waals surface area (Å²) in [5, 5.41) is 1.52. The van der Waals surface area contributed by atoms with Crippen molar-refractivity contribution in [2.24, 2.45) is 0 Å². The Morgan fingerprint density at radius 2 is 2.23 bits per heavy atom. The van der Waals surface area contributed by atoms with Crippen molar-refractivity contribution < 1.29 is 0 Å². The standard InChI is InChI=1S/C9H6BrClN2/c10-8-6(12)4-7-5(9(8)11)2-1-3-13-7/h1-4H,12H2. The number of hydrogen-bond donors (Lipinski definition) is 1. The third-order valence-corrected chi connectivity index (χ3v) is 3.29. The van der Waals surface area contributed by atoms with E-state index in [9.17, 15) is 0 Å². The minimum Gasteiger partial charge on any atom is -0.398 e. The Morgan fingerprint density at radius 3 is 3.00 bits per heavy atom. The Labute approximate surface area is 88.8 Å². The lowest BCUT2D eigenvalue weighted by Crippen LogP contribution is -1.89. The largest absolute Gasteiger partial charge is 0.398 e. The molecule has 2 N–H and O–H groups in total. The molecule has 0 saturated heterocycles. The van der Waals surface area contributed by atoms with Gasteiger partial charge in [-0.1, -0.05) is 11.6 Å². The number of nitrogens with two attached hydrogens (primary N) is 1. The topological polar surface area (TPSA) is 38.9 Å². The van der Waals surface area contributed by atoms with E-state index in [0.717, 1.165) is 15.4 Å². The predicted molar refractivity (Wildman–Crippen MR) is 58.9 cm³/mol. The van der Waals surface area contributed by atoms with Crippen LogP contribution in [0.5, 0.6) is 0 Å². The summed E-state index contributed by atoms with van der Waals surface area (Å²) in [5.41, 5.74) is 7.14. The highest BCUT2D eigenvalue weighted by atomic mass is 79.9. The van der Waals surface area contributed by atoms with Crippen molar-refractivity contribution in [1.82, 2.24) is 4.98 Å². The fourth-order valence-electron chi connectivity index (χ4n) is 1.17. The maximum absolute atomic E-state index is 6.06. The second kappa shape index (κ2) is 3.16. The molecule has 1 aromatic carbocycles. The summed E-state index contributed by atoms with van der Waals surface area (Å²) in [4.78, 5) is 4.16. The summed E-state index contributed by atoms with van der Waals surface area (Å²) in [6.45, 7) is 0. The highest BCUT2D eigenvalue weighted by Crippen LogP contribution is 2.34. The average molecular weight is 258 g/mol. The van der Waals surface area contributed by atoms with Gasteiger partial charge in [-0.3, -0.25) is 4.98 Å². The van der Waals surface area contributed by atoms with Crippen LogP contribution >= 0.6 is 27.5 Å². The first-order valence-electron chi connectivity index (χ1n) is 3.68. The molecule has 2 nitrogen and oxygen atoms in total. The Balaban J connectivity index is 2.94. The molecule has 0 amide bonds. The van der Waals surface area contributed by atoms with Crippen LogP contribution in [0.1, 0.15) is 0 Å². The molecule has 1 heterocycles. The quantitative estimate of drug-likeness (QED) is 0.736. The van der Waals surface area contributed by atoms with Crippen LogP contribution in [0.15, 0.2) is 28.9 Å². The fraction of sp³-hybridized carbons (Fsp3) is 0. The molecule has 2 rings (SSSR count). The number of nitrogen functional groups attached to an aromatic ring is 1. The maximum Gasteiger partial charge on any atom is 0.0738 e. The second-order valence-corrected chi connectivity index (χ2v) is 3.83. The molecule has 0 aliphatic heterocycles. The van der Waals surface area contributed by atoms with E-state index >= 15 is 0 Å². The van der Waals surface area contributed by atoms with E-state index in [-0.39, 0.29) is 0 Å². The van der Waals surface area contributed by atoms with Crippen LogP contribution in [-0.4, -0.2) is 4.98 Å². The van der Waals surface area contributed by atoms with Crippen molar-refractivity contribution in [3.05, 3.63) is 33.9 Å². The summed E-state index contributed by atoms with van der Waals surface area (Å²) in [5.74, 6) is 0. The minimum absolute atomic E-state index is 0.608. The lowest BCUT2D eigenvalue weighted by molar-refractivity contribution is 1.41. The third kappa shape index (κ3) is 1.38. The van der Waals surface area contributed by atoms with Gasteiger partial charge in [-0.2, -0.15) is 0 Å². The SMILES string of the molecule is Nc1cc2ncccc2c(Cl)c1Br. The van der Waals surface area contributed by atoms with Crippen LogP contribution in [0.4, 0.5) is 5.69 Å². The van der Waals surface area contributed by atoms with Gasteiger partial charge in [-0.25, -0.2) is 0 Å². The van der Waals surface area contributed by atoms with E-state index in [1.807, 2.05) is 12.1 Å². The van der Waals surface area contributed by atoms with Gasteiger partial charge in [-0.15, -0.1) is 0 Å². The van der Waals surface area contributed by atoms with Gasteiger partial charge in [0.2, 0.25) is 0 Å². The molecule has 0 aliphatic rings. The Kier molecular flexibility index (Phi) is 2.14. The molecule has 4 heteroatoms. The maximum atomic E-state index is 6.06. The van der Waals surface area contributed by atoms with E-state index in [0.29, 0.717) is 10.7 Å². The zero-order valence-corrected chi connectivity index (χ0v) is 8.93. The van der Waals surface area contributed by atoms with Crippen LogP contribution in [-0.2, 0) is 0 Å². The van der Waals surface area contributed by atoms with Crippen molar-refractivity contribution in [2.45, 2.75) is 0 Å². The normalized spacial score (nSPS) is 10.6. The van der Waals surface area contributed by atoms with Gasteiger partial charge in [0.15, 0.2) is 0 Å². The molecule has 0 atom stereocenters. The molecule has 1 aromatic heterocycles. The van der Waals surface area contributed by atoms with Gasteiger partial charge < -0.3 is 5.73 Å². The summed E-state index contributed by atoms with van der Waals surface area (Å²) < 4.78 is 0.731. The summed E-state index contributed by atoms with van der Waals surface area (Å²) >= 11 is 9.38. The summed E-state index contributed by atoms with van der Waals surface area (Å²) in [6, 6.07) is 5.55. The first kappa shape index (κ1) is 8.78. The first-order valence-corrected chi connectivity index (χ1v) is 4.85. The molecule has 0 unspecified atom stereocenters. The Morgan fingerprint density at radius 1 is 1.46 bits per heavy atom. The third-order valence-electron chi connectivity index (χ3n) is 1.81. The zero-order chi connectivity index (χ0) is 9.42. The van der Waals surface area contributed by atoms with E-state index in [4.69, 9.17) is 17.3 Å². The van der Waals surface area contributed by atoms with Gasteiger partial charge in [0.1, 0.15) is 0 Å². The van der Waals surface area contributed by atoms with Gasteiger partial charge in [0, 0.05) is 17.3 Å². The number of aromatic nitrogens is 1. The molecular weight excluding hydrogens is 251 g/mol. The number of rotatable bonds is 0. The van der Waals surface area contributed by atoms with Crippen molar-refractivity contribution in [2.75, 3.05) is 5.73 Å². The fourth-order valence-corrected chi connectivity index (χ4v) is 1.77. The molecule has 0 radical (unpaired) electrons. The molecule has 0 bridgehead atoms. The van der Waals surface area contributed by atoms with Crippen LogP contribution in [0.25, 0.3) is 10.9 Å². The number of anilines is 1. The molecule has 66 valence electrons. The number of fused-ring (bicyclic) bond motifs is 1. The van der Waals surface area contributed by atoms with E-state index < -0.39 is 0 Å². The van der Waals surface area contributed by atoms with E-state index in [1.54, 1.807) is 12.3 Å². The lowest BCUT2D eigenvalue weighted by atomic mass is 10.2. The van der Waals surface area contributed by atoms with Crippen LogP contribution < -0.4 is 5.73 Å². The Hall–Kier alpha value is -0.800. The molecule has 2 aromatic rings. The van der Waals surface area contributed by atoms with Crippen molar-refractivity contribution in [3.63, 3.8) is 0 Å². The van der Waals surface area contributed by atoms with Crippen molar-refractivity contribution >= 4 is 44.1 Å². The molecule has 13 heavy (non-hydrogen) atoms. The van der Waals surface area contributed by atoms with Gasteiger partial charge >= 0.3 is 0 Å². The summed E-state index contributed by atoms with van der Waals surface area (Å²) in [7, 11) is 0. The second-order valence-electron chi connectivity index (χ2n) is 2.66. The molecule has 0 saturated carbocycles.